The van der Waals surface area contributed by atoms with Gasteiger partial charge in [0.2, 0.25) is 0 Å². The molecule has 2 atom stereocenters. The highest BCUT2D eigenvalue weighted by Crippen LogP contribution is 2.13. The minimum atomic E-state index is -0.318. The van der Waals surface area contributed by atoms with Crippen molar-refractivity contribution in [2.24, 2.45) is 5.84 Å². The summed E-state index contributed by atoms with van der Waals surface area (Å²) in [5, 5.41) is 0. The zero-order chi connectivity index (χ0) is 12.1. The monoisotopic (exact) mass is 230 g/mol. The van der Waals surface area contributed by atoms with Gasteiger partial charge in [0.15, 0.2) is 0 Å². The highest BCUT2D eigenvalue weighted by atomic mass is 16.7. The number of hydrogen-bond acceptors (Lipinski definition) is 6. The third-order valence-electron chi connectivity index (χ3n) is 3.24. The van der Waals surface area contributed by atoms with Gasteiger partial charge in [-0.2, -0.15) is 0 Å². The lowest BCUT2D eigenvalue weighted by atomic mass is 10.1. The molecule has 0 spiro atoms. The predicted molar refractivity (Wildman–Crippen MR) is 61.2 cm³/mol. The van der Waals surface area contributed by atoms with Gasteiger partial charge in [0.05, 0.1) is 6.42 Å². The number of carbonyl (C=O) groups excluding carboxylic acids is 1. The van der Waals surface area contributed by atoms with Crippen molar-refractivity contribution in [3.8, 4) is 0 Å². The van der Waals surface area contributed by atoms with E-state index >= 15 is 0 Å². The zero-order valence-electron chi connectivity index (χ0n) is 10.3. The van der Waals surface area contributed by atoms with Gasteiger partial charge in [-0.25, -0.2) is 5.84 Å². The van der Waals surface area contributed by atoms with E-state index in [0.29, 0.717) is 18.5 Å². The SMILES string of the molecule is CC1CN(CCC(=O)ONN)CC(C)N1C. The Balaban J connectivity index is 2.30. The molecule has 1 aliphatic heterocycles. The molecule has 0 aliphatic carbocycles. The van der Waals surface area contributed by atoms with E-state index in [9.17, 15) is 4.79 Å². The third-order valence-corrected chi connectivity index (χ3v) is 3.24. The summed E-state index contributed by atoms with van der Waals surface area (Å²) in [5.41, 5.74) is 1.90. The van der Waals surface area contributed by atoms with Crippen LogP contribution in [0.15, 0.2) is 0 Å². The van der Waals surface area contributed by atoms with E-state index in [0.717, 1.165) is 19.6 Å². The van der Waals surface area contributed by atoms with E-state index in [2.05, 4.69) is 35.5 Å². The van der Waals surface area contributed by atoms with Crippen molar-refractivity contribution in [3.05, 3.63) is 0 Å². The Labute approximate surface area is 96.6 Å². The maximum Gasteiger partial charge on any atom is 0.327 e. The molecule has 0 bridgehead atoms. The molecule has 1 saturated heterocycles. The van der Waals surface area contributed by atoms with Gasteiger partial charge in [-0.15, -0.1) is 0 Å². The first kappa shape index (κ1) is 13.4. The largest absolute Gasteiger partial charge is 0.356 e. The number of hydrogen-bond donors (Lipinski definition) is 2. The lowest BCUT2D eigenvalue weighted by molar-refractivity contribution is -0.151. The molecule has 0 saturated carbocycles. The first-order valence-corrected chi connectivity index (χ1v) is 5.64. The fourth-order valence-corrected chi connectivity index (χ4v) is 2.06. The van der Waals surface area contributed by atoms with Crippen LogP contribution in [0.25, 0.3) is 0 Å². The third kappa shape index (κ3) is 3.71. The first-order valence-electron chi connectivity index (χ1n) is 5.64. The molecular weight excluding hydrogens is 208 g/mol. The second-order valence-electron chi connectivity index (χ2n) is 4.47. The molecule has 0 amide bonds. The van der Waals surface area contributed by atoms with Gasteiger partial charge in [-0.1, -0.05) is 5.59 Å². The van der Waals surface area contributed by atoms with Crippen molar-refractivity contribution < 1.29 is 9.63 Å². The molecule has 94 valence electrons. The fraction of sp³-hybridized carbons (Fsp3) is 0.900. The molecule has 0 aromatic carbocycles. The number of nitrogens with one attached hydrogen (secondary N) is 1. The van der Waals surface area contributed by atoms with E-state index in [-0.39, 0.29) is 5.97 Å². The molecule has 0 aromatic heterocycles. The van der Waals surface area contributed by atoms with Gasteiger partial charge in [-0.05, 0) is 20.9 Å². The topological polar surface area (TPSA) is 70.8 Å². The Hall–Kier alpha value is -0.690. The molecule has 1 fully saturated rings. The first-order chi connectivity index (χ1) is 7.54. The van der Waals surface area contributed by atoms with Crippen LogP contribution in [0.1, 0.15) is 20.3 Å². The summed E-state index contributed by atoms with van der Waals surface area (Å²) in [7, 11) is 2.14. The van der Waals surface area contributed by atoms with E-state index in [4.69, 9.17) is 5.84 Å². The number of hydrazine groups is 1. The van der Waals surface area contributed by atoms with Crippen LogP contribution >= 0.6 is 0 Å². The average Bonchev–Trinajstić information content (AvgIpc) is 2.23. The molecule has 6 nitrogen and oxygen atoms in total. The Morgan fingerprint density at radius 2 is 2.00 bits per heavy atom. The van der Waals surface area contributed by atoms with Crippen molar-refractivity contribution in [3.63, 3.8) is 0 Å². The van der Waals surface area contributed by atoms with E-state index in [1.165, 1.54) is 0 Å². The standard InChI is InChI=1S/C10H22N4O2/c1-8-6-14(7-9(2)13(8)3)5-4-10(15)16-12-11/h8-9,12H,4-7,11H2,1-3H3. The maximum atomic E-state index is 11.1. The second kappa shape index (κ2) is 6.15. The van der Waals surface area contributed by atoms with Crippen molar-refractivity contribution in [2.45, 2.75) is 32.4 Å². The van der Waals surface area contributed by atoms with Crippen LogP contribution in [0, 0.1) is 0 Å². The van der Waals surface area contributed by atoms with Gasteiger partial charge in [0.1, 0.15) is 0 Å². The number of piperazine rings is 1. The molecule has 3 N–H and O–H groups in total. The van der Waals surface area contributed by atoms with Crippen molar-refractivity contribution in [1.82, 2.24) is 15.4 Å². The summed E-state index contributed by atoms with van der Waals surface area (Å²) in [6, 6.07) is 1.04. The van der Waals surface area contributed by atoms with E-state index < -0.39 is 0 Å². The highest BCUT2D eigenvalue weighted by molar-refractivity contribution is 5.69. The number of carbonyl (C=O) groups is 1. The van der Waals surface area contributed by atoms with Crippen LogP contribution in [-0.4, -0.2) is 54.5 Å². The summed E-state index contributed by atoms with van der Waals surface area (Å²) in [4.78, 5) is 20.2. The minimum absolute atomic E-state index is 0.318. The van der Waals surface area contributed by atoms with Gasteiger partial charge in [0.25, 0.3) is 0 Å². The van der Waals surface area contributed by atoms with Crippen LogP contribution < -0.4 is 11.4 Å². The summed E-state index contributed by atoms with van der Waals surface area (Å²) >= 11 is 0. The van der Waals surface area contributed by atoms with Gasteiger partial charge >= 0.3 is 5.97 Å². The number of nitrogens with two attached hydrogens (primary N) is 1. The molecule has 6 heteroatoms. The van der Waals surface area contributed by atoms with Gasteiger partial charge in [-0.3, -0.25) is 14.6 Å². The second-order valence-corrected chi connectivity index (χ2v) is 4.47. The molecule has 1 aliphatic rings. The quantitative estimate of drug-likeness (QED) is 0.493. The van der Waals surface area contributed by atoms with Crippen LogP contribution in [0.2, 0.25) is 0 Å². The van der Waals surface area contributed by atoms with Gasteiger partial charge in [0, 0.05) is 31.7 Å². The van der Waals surface area contributed by atoms with Gasteiger partial charge < -0.3 is 4.84 Å². The Morgan fingerprint density at radius 3 is 2.50 bits per heavy atom. The number of nitrogens with zero attached hydrogens (tertiary/aromatic N) is 2. The molecule has 1 heterocycles. The lowest BCUT2D eigenvalue weighted by Gasteiger charge is -2.42. The van der Waals surface area contributed by atoms with Crippen LogP contribution in [-0.2, 0) is 9.63 Å². The average molecular weight is 230 g/mol. The smallest absolute Gasteiger partial charge is 0.327 e. The fourth-order valence-electron chi connectivity index (χ4n) is 2.06. The summed E-state index contributed by atoms with van der Waals surface area (Å²) < 4.78 is 0. The Kier molecular flexibility index (Phi) is 5.14. The summed E-state index contributed by atoms with van der Waals surface area (Å²) in [6.07, 6.45) is 0.368. The summed E-state index contributed by atoms with van der Waals surface area (Å²) in [5.74, 6) is 4.57. The Morgan fingerprint density at radius 1 is 1.44 bits per heavy atom. The van der Waals surface area contributed by atoms with Crippen LogP contribution in [0.5, 0.6) is 0 Å². The predicted octanol–water partition coefficient (Wildman–Crippen LogP) is -0.678. The van der Waals surface area contributed by atoms with Crippen LogP contribution in [0.4, 0.5) is 0 Å². The molecule has 0 aromatic rings. The normalized spacial score (nSPS) is 28.0. The van der Waals surface area contributed by atoms with E-state index in [1.807, 2.05) is 5.59 Å². The van der Waals surface area contributed by atoms with Crippen molar-refractivity contribution >= 4 is 5.97 Å². The number of likely N-dealkylation sites (N-methyl/N-ethyl adjacent to an activating group) is 1. The lowest BCUT2D eigenvalue weighted by Crippen LogP contribution is -2.55. The number of rotatable bonds is 4. The maximum absolute atomic E-state index is 11.1. The van der Waals surface area contributed by atoms with Crippen molar-refractivity contribution in [2.75, 3.05) is 26.7 Å². The van der Waals surface area contributed by atoms with Crippen molar-refractivity contribution in [1.29, 1.82) is 0 Å². The zero-order valence-corrected chi connectivity index (χ0v) is 10.3. The minimum Gasteiger partial charge on any atom is -0.356 e. The molecule has 16 heavy (non-hydrogen) atoms. The molecule has 1 rings (SSSR count). The highest BCUT2D eigenvalue weighted by Gasteiger charge is 2.26. The molecule has 2 unspecified atom stereocenters. The molecular formula is C10H22N4O2. The van der Waals surface area contributed by atoms with Crippen LogP contribution in [0.3, 0.4) is 0 Å². The Bertz CT molecular complexity index is 225. The van der Waals surface area contributed by atoms with E-state index in [1.54, 1.807) is 0 Å². The molecule has 0 radical (unpaired) electrons. The summed E-state index contributed by atoms with van der Waals surface area (Å²) in [6.45, 7) is 7.10.